The molecule has 3 atom stereocenters. The second-order valence-electron chi connectivity index (χ2n) is 5.09. The maximum atomic E-state index is 14.9. The third-order valence-corrected chi connectivity index (χ3v) is 3.77. The SMILES string of the molecule is CCOc1nc(N)nc2c1ncn2[C@H](F)[C@H](O)[C@@](CN)(CO)OC. The Bertz CT molecular complexity index is 684. The van der Waals surface area contributed by atoms with Crippen LogP contribution in [0.4, 0.5) is 10.3 Å². The number of imidazole rings is 1. The first-order chi connectivity index (χ1) is 11.4. The average Bonchev–Trinajstić information content (AvgIpc) is 3.00. The van der Waals surface area contributed by atoms with Gasteiger partial charge in [-0.25, -0.2) is 9.37 Å². The highest BCUT2D eigenvalue weighted by Crippen LogP contribution is 2.30. The molecule has 0 aliphatic heterocycles. The second kappa shape index (κ2) is 7.21. The van der Waals surface area contributed by atoms with E-state index in [9.17, 15) is 14.6 Å². The average molecular weight is 344 g/mol. The molecule has 2 rings (SSSR count). The molecule has 134 valence electrons. The van der Waals surface area contributed by atoms with Gasteiger partial charge in [-0.15, -0.1) is 0 Å². The number of nitrogens with zero attached hydrogens (tertiary/aromatic N) is 4. The van der Waals surface area contributed by atoms with Gasteiger partial charge in [0.05, 0.1) is 19.5 Å². The summed E-state index contributed by atoms with van der Waals surface area (Å²) in [5, 5.41) is 19.7. The summed E-state index contributed by atoms with van der Waals surface area (Å²) < 4.78 is 26.2. The van der Waals surface area contributed by atoms with E-state index in [0.717, 1.165) is 10.9 Å². The number of ether oxygens (including phenoxy) is 2. The fraction of sp³-hybridized carbons (Fsp3) is 0.615. The molecule has 0 bridgehead atoms. The van der Waals surface area contributed by atoms with Crippen molar-refractivity contribution in [1.82, 2.24) is 19.5 Å². The Balaban J connectivity index is 2.48. The number of hydrogen-bond acceptors (Lipinski definition) is 9. The van der Waals surface area contributed by atoms with Crippen molar-refractivity contribution < 1.29 is 24.1 Å². The van der Waals surface area contributed by atoms with Gasteiger partial charge >= 0.3 is 0 Å². The molecule has 0 saturated carbocycles. The van der Waals surface area contributed by atoms with Gasteiger partial charge < -0.3 is 31.2 Å². The fourth-order valence-corrected chi connectivity index (χ4v) is 2.27. The van der Waals surface area contributed by atoms with Crippen molar-refractivity contribution in [3.8, 4) is 5.88 Å². The molecule has 0 unspecified atom stereocenters. The topological polar surface area (TPSA) is 155 Å². The molecule has 2 heterocycles. The van der Waals surface area contributed by atoms with Gasteiger partial charge in [-0.1, -0.05) is 0 Å². The lowest BCUT2D eigenvalue weighted by Crippen LogP contribution is -2.55. The maximum Gasteiger partial charge on any atom is 0.247 e. The molecular formula is C13H21FN6O4. The molecule has 0 aliphatic rings. The minimum Gasteiger partial charge on any atom is -0.476 e. The van der Waals surface area contributed by atoms with Gasteiger partial charge in [-0.3, -0.25) is 4.57 Å². The van der Waals surface area contributed by atoms with Gasteiger partial charge in [0.25, 0.3) is 0 Å². The van der Waals surface area contributed by atoms with Crippen LogP contribution < -0.4 is 16.2 Å². The van der Waals surface area contributed by atoms with Crippen LogP contribution in [0.1, 0.15) is 13.2 Å². The molecule has 0 radical (unpaired) electrons. The van der Waals surface area contributed by atoms with Crippen molar-refractivity contribution in [2.45, 2.75) is 24.9 Å². The number of methoxy groups -OCH3 is 1. The van der Waals surface area contributed by atoms with Crippen LogP contribution in [0.2, 0.25) is 0 Å². The zero-order valence-corrected chi connectivity index (χ0v) is 13.4. The number of rotatable bonds is 8. The van der Waals surface area contributed by atoms with Gasteiger partial charge in [0, 0.05) is 13.7 Å². The van der Waals surface area contributed by atoms with Crippen molar-refractivity contribution in [2.75, 3.05) is 32.6 Å². The molecule has 10 nitrogen and oxygen atoms in total. The van der Waals surface area contributed by atoms with Crippen molar-refractivity contribution >= 4 is 17.1 Å². The number of anilines is 1. The number of aliphatic hydroxyl groups is 2. The molecule has 0 spiro atoms. The Morgan fingerprint density at radius 2 is 2.17 bits per heavy atom. The number of fused-ring (bicyclic) bond motifs is 1. The summed E-state index contributed by atoms with van der Waals surface area (Å²) in [7, 11) is 1.22. The Kier molecular flexibility index (Phi) is 5.49. The maximum absolute atomic E-state index is 14.9. The van der Waals surface area contributed by atoms with Crippen molar-refractivity contribution in [2.24, 2.45) is 5.73 Å². The highest BCUT2D eigenvalue weighted by molar-refractivity contribution is 5.77. The van der Waals surface area contributed by atoms with Gasteiger partial charge in [-0.2, -0.15) is 9.97 Å². The number of nitrogen functional groups attached to an aromatic ring is 1. The van der Waals surface area contributed by atoms with Crippen molar-refractivity contribution in [3.63, 3.8) is 0 Å². The van der Waals surface area contributed by atoms with E-state index in [1.807, 2.05) is 0 Å². The van der Waals surface area contributed by atoms with Crippen LogP contribution in [0.3, 0.4) is 0 Å². The lowest BCUT2D eigenvalue weighted by Gasteiger charge is -2.35. The summed E-state index contributed by atoms with van der Waals surface area (Å²) in [5.74, 6) is -0.0206. The molecule has 0 aliphatic carbocycles. The van der Waals surface area contributed by atoms with E-state index in [4.69, 9.17) is 20.9 Å². The van der Waals surface area contributed by atoms with Gasteiger partial charge in [0.15, 0.2) is 11.2 Å². The standard InChI is InChI=1S/C13H21FN6O4/c1-3-24-11-7-10(18-12(16)19-11)20(6-17-7)9(14)8(22)13(4-15,5-21)23-2/h6,8-9,21-22H,3-5,15H2,1-2H3,(H2,16,18,19)/t8-,9-,13+/m0/s1. The first kappa shape index (κ1) is 18.3. The van der Waals surface area contributed by atoms with Gasteiger partial charge in [-0.05, 0) is 6.92 Å². The second-order valence-corrected chi connectivity index (χ2v) is 5.09. The molecule has 24 heavy (non-hydrogen) atoms. The number of aliphatic hydroxyl groups excluding tert-OH is 2. The Labute approximate surface area is 137 Å². The minimum absolute atomic E-state index is 0.0393. The number of nitrogens with two attached hydrogens (primary N) is 2. The van der Waals surface area contributed by atoms with Crippen LogP contribution >= 0.6 is 0 Å². The lowest BCUT2D eigenvalue weighted by molar-refractivity contribution is -0.157. The molecule has 2 aromatic rings. The van der Waals surface area contributed by atoms with E-state index in [-0.39, 0.29) is 29.5 Å². The summed E-state index contributed by atoms with van der Waals surface area (Å²) in [6.45, 7) is 1.09. The summed E-state index contributed by atoms with van der Waals surface area (Å²) in [5.41, 5.74) is 9.69. The van der Waals surface area contributed by atoms with E-state index in [1.165, 1.54) is 7.11 Å². The van der Waals surface area contributed by atoms with Crippen molar-refractivity contribution in [1.29, 1.82) is 0 Å². The first-order valence-electron chi connectivity index (χ1n) is 7.25. The molecule has 0 aromatic carbocycles. The molecule has 6 N–H and O–H groups in total. The molecule has 2 aromatic heterocycles. The summed E-state index contributed by atoms with van der Waals surface area (Å²) in [6.07, 6.45) is -2.69. The van der Waals surface area contributed by atoms with E-state index in [0.29, 0.717) is 6.61 Å². The lowest BCUT2D eigenvalue weighted by atomic mass is 9.96. The predicted octanol–water partition coefficient (Wildman–Crippen LogP) is -1.03. The third-order valence-electron chi connectivity index (χ3n) is 3.77. The monoisotopic (exact) mass is 344 g/mol. The summed E-state index contributed by atoms with van der Waals surface area (Å²) in [6, 6.07) is 0. The van der Waals surface area contributed by atoms with Crippen LogP contribution in [0.25, 0.3) is 11.2 Å². The fourth-order valence-electron chi connectivity index (χ4n) is 2.27. The van der Waals surface area contributed by atoms with Crippen LogP contribution in [-0.2, 0) is 4.74 Å². The number of halogens is 1. The Morgan fingerprint density at radius 1 is 1.46 bits per heavy atom. The summed E-state index contributed by atoms with van der Waals surface area (Å²) >= 11 is 0. The van der Waals surface area contributed by atoms with Gasteiger partial charge in [0.1, 0.15) is 11.7 Å². The molecule has 0 fully saturated rings. The molecule has 0 saturated heterocycles. The summed E-state index contributed by atoms with van der Waals surface area (Å²) in [4.78, 5) is 11.9. The predicted molar refractivity (Wildman–Crippen MR) is 82.9 cm³/mol. The molecule has 11 heteroatoms. The van der Waals surface area contributed by atoms with Crippen LogP contribution in [-0.4, -0.2) is 68.3 Å². The smallest absolute Gasteiger partial charge is 0.247 e. The van der Waals surface area contributed by atoms with Crippen LogP contribution in [0.15, 0.2) is 6.33 Å². The van der Waals surface area contributed by atoms with E-state index < -0.39 is 24.6 Å². The first-order valence-corrected chi connectivity index (χ1v) is 7.25. The highest BCUT2D eigenvalue weighted by atomic mass is 19.1. The molecule has 0 amide bonds. The Morgan fingerprint density at radius 3 is 2.71 bits per heavy atom. The zero-order chi connectivity index (χ0) is 17.9. The third kappa shape index (κ3) is 2.98. The van der Waals surface area contributed by atoms with Crippen LogP contribution in [0, 0.1) is 0 Å². The quantitative estimate of drug-likeness (QED) is 0.470. The van der Waals surface area contributed by atoms with E-state index >= 15 is 0 Å². The van der Waals surface area contributed by atoms with E-state index in [1.54, 1.807) is 6.92 Å². The largest absolute Gasteiger partial charge is 0.476 e. The molecular weight excluding hydrogens is 323 g/mol. The minimum atomic E-state index is -2.05. The van der Waals surface area contributed by atoms with Crippen molar-refractivity contribution in [3.05, 3.63) is 6.33 Å². The zero-order valence-electron chi connectivity index (χ0n) is 13.4. The number of hydrogen-bond donors (Lipinski definition) is 4. The number of alkyl halides is 1. The van der Waals surface area contributed by atoms with Crippen LogP contribution in [0.5, 0.6) is 5.88 Å². The number of aromatic nitrogens is 4. The van der Waals surface area contributed by atoms with Gasteiger partial charge in [0.2, 0.25) is 18.1 Å². The van der Waals surface area contributed by atoms with E-state index in [2.05, 4.69) is 15.0 Å². The highest BCUT2D eigenvalue weighted by Gasteiger charge is 2.43. The normalized spacial score (nSPS) is 16.8. The Hall–Kier alpha value is -2.08.